The van der Waals surface area contributed by atoms with Gasteiger partial charge in [0.25, 0.3) is 0 Å². The average molecular weight is 263 g/mol. The van der Waals surface area contributed by atoms with Gasteiger partial charge in [0, 0.05) is 10.6 Å². The Morgan fingerprint density at radius 3 is 2.78 bits per heavy atom. The maximum Gasteiger partial charge on any atom is 0.0765 e. The fraction of sp³-hybridized carbons (Fsp3) is 0.600. The lowest BCUT2D eigenvalue weighted by atomic mass is 9.95. The van der Waals surface area contributed by atoms with Crippen LogP contribution in [0.15, 0.2) is 23.1 Å². The Kier molecular flexibility index (Phi) is 3.64. The van der Waals surface area contributed by atoms with Crippen LogP contribution in [0.1, 0.15) is 30.4 Å². The summed E-state index contributed by atoms with van der Waals surface area (Å²) >= 11 is 1.81. The highest BCUT2D eigenvalue weighted by molar-refractivity contribution is 7.99. The molecule has 1 aromatic rings. The van der Waals surface area contributed by atoms with Gasteiger partial charge in [-0.05, 0) is 68.5 Å². The van der Waals surface area contributed by atoms with Crippen molar-refractivity contribution in [2.24, 2.45) is 0 Å². The highest BCUT2D eigenvalue weighted by atomic mass is 32.2. The zero-order valence-electron chi connectivity index (χ0n) is 10.7. The van der Waals surface area contributed by atoms with Gasteiger partial charge in [0.15, 0.2) is 0 Å². The maximum absolute atomic E-state index is 10.5. The Hall–Kier alpha value is -0.510. The molecule has 1 saturated heterocycles. The Morgan fingerprint density at radius 2 is 1.94 bits per heavy atom. The second-order valence-electron chi connectivity index (χ2n) is 5.55. The first kappa shape index (κ1) is 12.5. The van der Waals surface area contributed by atoms with Gasteiger partial charge in [0.05, 0.1) is 5.60 Å². The van der Waals surface area contributed by atoms with Gasteiger partial charge in [-0.15, -0.1) is 11.8 Å². The van der Waals surface area contributed by atoms with Crippen molar-refractivity contribution in [3.05, 3.63) is 29.3 Å². The predicted molar refractivity (Wildman–Crippen MR) is 76.2 cm³/mol. The lowest BCUT2D eigenvalue weighted by molar-refractivity contribution is 0.0339. The van der Waals surface area contributed by atoms with E-state index in [1.54, 1.807) is 0 Å². The third kappa shape index (κ3) is 2.73. The van der Waals surface area contributed by atoms with Gasteiger partial charge in [-0.1, -0.05) is 6.07 Å². The molecule has 0 atom stereocenters. The zero-order chi connectivity index (χ0) is 12.4. The molecule has 1 heterocycles. The number of hydrogen-bond acceptors (Lipinski definition) is 3. The SMILES string of the molecule is OC1(CSc2ccc3c(c2)CCC3)CCNCC1. The lowest BCUT2D eigenvalue weighted by Gasteiger charge is -2.32. The lowest BCUT2D eigenvalue weighted by Crippen LogP contribution is -2.43. The molecule has 0 aromatic heterocycles. The number of aliphatic hydroxyl groups is 1. The summed E-state index contributed by atoms with van der Waals surface area (Å²) in [5.41, 5.74) is 2.59. The fourth-order valence-electron chi connectivity index (χ4n) is 2.89. The molecule has 1 fully saturated rings. The minimum Gasteiger partial charge on any atom is -0.389 e. The van der Waals surface area contributed by atoms with Crippen molar-refractivity contribution >= 4 is 11.8 Å². The van der Waals surface area contributed by atoms with Crippen molar-refractivity contribution in [1.29, 1.82) is 0 Å². The van der Waals surface area contributed by atoms with E-state index in [4.69, 9.17) is 0 Å². The Bertz CT molecular complexity index is 427. The quantitative estimate of drug-likeness (QED) is 0.821. The molecule has 18 heavy (non-hydrogen) atoms. The summed E-state index contributed by atoms with van der Waals surface area (Å²) in [5, 5.41) is 13.8. The molecule has 1 aromatic carbocycles. The summed E-state index contributed by atoms with van der Waals surface area (Å²) < 4.78 is 0. The number of rotatable bonds is 3. The van der Waals surface area contributed by atoms with Crippen LogP contribution in [0.5, 0.6) is 0 Å². The fourth-order valence-corrected chi connectivity index (χ4v) is 4.01. The van der Waals surface area contributed by atoms with Crippen LogP contribution in [-0.2, 0) is 12.8 Å². The standard InChI is InChI=1S/C15H21NOS/c17-15(6-8-16-9-7-15)11-18-14-5-4-12-2-1-3-13(12)10-14/h4-5,10,16-17H,1-3,6-9,11H2. The number of piperidine rings is 1. The van der Waals surface area contributed by atoms with E-state index in [9.17, 15) is 5.11 Å². The van der Waals surface area contributed by atoms with Crippen LogP contribution in [0.25, 0.3) is 0 Å². The van der Waals surface area contributed by atoms with Crippen LogP contribution in [-0.4, -0.2) is 29.5 Å². The van der Waals surface area contributed by atoms with E-state index in [-0.39, 0.29) is 0 Å². The van der Waals surface area contributed by atoms with Gasteiger partial charge in [-0.2, -0.15) is 0 Å². The van der Waals surface area contributed by atoms with E-state index in [0.717, 1.165) is 31.7 Å². The van der Waals surface area contributed by atoms with Crippen molar-refractivity contribution in [3.63, 3.8) is 0 Å². The van der Waals surface area contributed by atoms with Crippen molar-refractivity contribution in [2.75, 3.05) is 18.8 Å². The van der Waals surface area contributed by atoms with Crippen LogP contribution >= 0.6 is 11.8 Å². The molecule has 0 saturated carbocycles. The minimum atomic E-state index is -0.463. The molecule has 2 aliphatic rings. The summed E-state index contributed by atoms with van der Waals surface area (Å²) in [4.78, 5) is 1.32. The second kappa shape index (κ2) is 5.24. The second-order valence-corrected chi connectivity index (χ2v) is 6.60. The first-order valence-corrected chi connectivity index (χ1v) is 7.91. The minimum absolute atomic E-state index is 0.463. The van der Waals surface area contributed by atoms with Crippen LogP contribution in [0.2, 0.25) is 0 Å². The van der Waals surface area contributed by atoms with Crippen LogP contribution in [0.4, 0.5) is 0 Å². The molecule has 2 N–H and O–H groups in total. The van der Waals surface area contributed by atoms with Crippen LogP contribution in [0, 0.1) is 0 Å². The van der Waals surface area contributed by atoms with E-state index in [1.165, 1.54) is 35.3 Å². The van der Waals surface area contributed by atoms with Gasteiger partial charge >= 0.3 is 0 Å². The van der Waals surface area contributed by atoms with Gasteiger partial charge in [-0.25, -0.2) is 0 Å². The van der Waals surface area contributed by atoms with Crippen molar-refractivity contribution < 1.29 is 5.11 Å². The number of benzene rings is 1. The molecule has 2 nitrogen and oxygen atoms in total. The third-order valence-corrected chi connectivity index (χ3v) is 5.38. The Balaban J connectivity index is 1.62. The molecule has 0 amide bonds. The maximum atomic E-state index is 10.5. The van der Waals surface area contributed by atoms with Crippen LogP contribution < -0.4 is 5.32 Å². The summed E-state index contributed by atoms with van der Waals surface area (Å²) in [6, 6.07) is 6.83. The smallest absolute Gasteiger partial charge is 0.0765 e. The van der Waals surface area contributed by atoms with Gasteiger partial charge in [-0.3, -0.25) is 0 Å². The molecule has 0 radical (unpaired) electrons. The van der Waals surface area contributed by atoms with E-state index in [1.807, 2.05) is 11.8 Å². The number of nitrogens with one attached hydrogen (secondary N) is 1. The van der Waals surface area contributed by atoms with Crippen LogP contribution in [0.3, 0.4) is 0 Å². The van der Waals surface area contributed by atoms with Crippen molar-refractivity contribution in [3.8, 4) is 0 Å². The van der Waals surface area contributed by atoms with Gasteiger partial charge in [0.2, 0.25) is 0 Å². The first-order valence-electron chi connectivity index (χ1n) is 6.93. The molecule has 1 aliphatic carbocycles. The van der Waals surface area contributed by atoms with Crippen molar-refractivity contribution in [2.45, 2.75) is 42.6 Å². The number of aryl methyl sites for hydroxylation is 2. The summed E-state index contributed by atoms with van der Waals surface area (Å²) in [6.07, 6.45) is 5.54. The average Bonchev–Trinajstić information content (AvgIpc) is 2.85. The van der Waals surface area contributed by atoms with E-state index < -0.39 is 5.60 Å². The molecule has 0 spiro atoms. The molecule has 98 valence electrons. The van der Waals surface area contributed by atoms with E-state index >= 15 is 0 Å². The molecular weight excluding hydrogens is 242 g/mol. The molecule has 1 aliphatic heterocycles. The predicted octanol–water partition coefficient (Wildman–Crippen LogP) is 2.38. The molecule has 3 heteroatoms. The van der Waals surface area contributed by atoms with Crippen molar-refractivity contribution in [1.82, 2.24) is 5.32 Å². The molecule has 0 unspecified atom stereocenters. The Labute approximate surface area is 113 Å². The third-order valence-electron chi connectivity index (χ3n) is 4.11. The molecule has 3 rings (SSSR count). The molecule has 0 bridgehead atoms. The normalized spacial score (nSPS) is 21.8. The summed E-state index contributed by atoms with van der Waals surface area (Å²) in [7, 11) is 0. The summed E-state index contributed by atoms with van der Waals surface area (Å²) in [6.45, 7) is 1.89. The highest BCUT2D eigenvalue weighted by Crippen LogP contribution is 2.31. The highest BCUT2D eigenvalue weighted by Gasteiger charge is 2.29. The van der Waals surface area contributed by atoms with Gasteiger partial charge < -0.3 is 10.4 Å². The number of hydrogen-bond donors (Lipinski definition) is 2. The monoisotopic (exact) mass is 263 g/mol. The largest absolute Gasteiger partial charge is 0.389 e. The van der Waals surface area contributed by atoms with E-state index in [0.29, 0.717) is 0 Å². The number of thioether (sulfide) groups is 1. The summed E-state index contributed by atoms with van der Waals surface area (Å²) in [5.74, 6) is 0.827. The zero-order valence-corrected chi connectivity index (χ0v) is 11.6. The first-order chi connectivity index (χ1) is 8.75. The number of fused-ring (bicyclic) bond motifs is 1. The topological polar surface area (TPSA) is 32.3 Å². The van der Waals surface area contributed by atoms with Gasteiger partial charge in [0.1, 0.15) is 0 Å². The molecular formula is C15H21NOS. The Morgan fingerprint density at radius 1 is 1.17 bits per heavy atom. The van der Waals surface area contributed by atoms with E-state index in [2.05, 4.69) is 23.5 Å².